The van der Waals surface area contributed by atoms with Crippen LogP contribution in [0, 0.1) is 13.8 Å². The van der Waals surface area contributed by atoms with E-state index in [2.05, 4.69) is 17.4 Å². The van der Waals surface area contributed by atoms with Crippen molar-refractivity contribution in [3.05, 3.63) is 28.8 Å². The van der Waals surface area contributed by atoms with E-state index in [9.17, 15) is 5.11 Å². The van der Waals surface area contributed by atoms with Crippen LogP contribution in [0.5, 0.6) is 5.75 Å². The molecular formula is C11H15NOS. The van der Waals surface area contributed by atoms with Gasteiger partial charge >= 0.3 is 0 Å². The fourth-order valence-electron chi connectivity index (χ4n) is 1.78. The molecule has 2 nitrogen and oxygen atoms in total. The number of rotatable bonds is 1. The molecule has 1 aromatic carbocycles. The van der Waals surface area contributed by atoms with Crippen molar-refractivity contribution in [2.75, 3.05) is 12.3 Å². The van der Waals surface area contributed by atoms with E-state index < -0.39 is 0 Å². The third-order valence-electron chi connectivity index (χ3n) is 2.53. The molecule has 0 aromatic heterocycles. The smallest absolute Gasteiger partial charge is 0.121 e. The number of phenolic OH excluding ortho intramolecular Hbond substituents is 1. The van der Waals surface area contributed by atoms with Crippen LogP contribution >= 0.6 is 11.8 Å². The van der Waals surface area contributed by atoms with Gasteiger partial charge in [0.25, 0.3) is 0 Å². The molecule has 1 atom stereocenters. The molecule has 2 rings (SSSR count). The highest BCUT2D eigenvalue weighted by Crippen LogP contribution is 2.33. The lowest BCUT2D eigenvalue weighted by molar-refractivity contribution is 0.466. The predicted octanol–water partition coefficient (Wildman–Crippen LogP) is 2.34. The Labute approximate surface area is 88.7 Å². The number of hydrogen-bond acceptors (Lipinski definition) is 3. The van der Waals surface area contributed by atoms with Gasteiger partial charge in [-0.15, -0.1) is 11.8 Å². The monoisotopic (exact) mass is 209 g/mol. The Morgan fingerprint density at radius 2 is 2.00 bits per heavy atom. The zero-order chi connectivity index (χ0) is 10.1. The number of nitrogens with one attached hydrogen (secondary N) is 1. The minimum Gasteiger partial charge on any atom is -0.507 e. The first-order valence-corrected chi connectivity index (χ1v) is 5.88. The summed E-state index contributed by atoms with van der Waals surface area (Å²) in [6.45, 7) is 4.98. The maximum atomic E-state index is 9.65. The first kappa shape index (κ1) is 9.87. The van der Waals surface area contributed by atoms with Gasteiger partial charge in [0.1, 0.15) is 5.75 Å². The molecular weight excluding hydrogens is 194 g/mol. The molecule has 1 heterocycles. The summed E-state index contributed by atoms with van der Waals surface area (Å²) in [6.07, 6.45) is 0. The van der Waals surface area contributed by atoms with Crippen molar-refractivity contribution in [3.8, 4) is 5.75 Å². The molecule has 1 aliphatic heterocycles. The van der Waals surface area contributed by atoms with E-state index in [0.29, 0.717) is 11.1 Å². The molecule has 0 amide bonds. The van der Waals surface area contributed by atoms with Crippen molar-refractivity contribution in [1.29, 1.82) is 0 Å². The Balaban J connectivity index is 2.34. The molecule has 0 aliphatic carbocycles. The maximum absolute atomic E-state index is 9.65. The lowest BCUT2D eigenvalue weighted by Crippen LogP contribution is -2.12. The summed E-state index contributed by atoms with van der Waals surface area (Å²) in [5, 5.41) is 13.5. The summed E-state index contributed by atoms with van der Waals surface area (Å²) >= 11 is 1.93. The molecule has 1 aromatic rings. The number of aryl methyl sites for hydroxylation is 2. The molecule has 14 heavy (non-hydrogen) atoms. The second-order valence-corrected chi connectivity index (χ2v) is 4.92. The topological polar surface area (TPSA) is 32.3 Å². The van der Waals surface area contributed by atoms with Crippen LogP contribution in [-0.4, -0.2) is 17.4 Å². The molecule has 0 spiro atoms. The van der Waals surface area contributed by atoms with Gasteiger partial charge in [-0.1, -0.05) is 0 Å². The van der Waals surface area contributed by atoms with E-state index >= 15 is 0 Å². The van der Waals surface area contributed by atoms with E-state index in [0.717, 1.165) is 17.7 Å². The molecule has 3 heteroatoms. The Bertz CT molecular complexity index is 322. The minimum absolute atomic E-state index is 0.410. The zero-order valence-electron chi connectivity index (χ0n) is 8.50. The zero-order valence-corrected chi connectivity index (χ0v) is 9.32. The first-order chi connectivity index (χ1) is 6.68. The van der Waals surface area contributed by atoms with Crippen LogP contribution in [0.15, 0.2) is 12.1 Å². The van der Waals surface area contributed by atoms with Crippen LogP contribution in [0.2, 0.25) is 0 Å². The summed E-state index contributed by atoms with van der Waals surface area (Å²) < 4.78 is 0. The third-order valence-corrected chi connectivity index (χ3v) is 3.74. The van der Waals surface area contributed by atoms with Crippen molar-refractivity contribution >= 4 is 11.8 Å². The van der Waals surface area contributed by atoms with Crippen molar-refractivity contribution < 1.29 is 5.11 Å². The Morgan fingerprint density at radius 3 is 2.50 bits per heavy atom. The third kappa shape index (κ3) is 1.74. The fourth-order valence-corrected chi connectivity index (χ4v) is 2.82. The highest BCUT2D eigenvalue weighted by atomic mass is 32.2. The van der Waals surface area contributed by atoms with Crippen molar-refractivity contribution in [1.82, 2.24) is 5.32 Å². The predicted molar refractivity (Wildman–Crippen MR) is 60.8 cm³/mol. The van der Waals surface area contributed by atoms with E-state index in [-0.39, 0.29) is 0 Å². The van der Waals surface area contributed by atoms with Gasteiger partial charge in [-0.05, 0) is 42.7 Å². The second-order valence-electron chi connectivity index (χ2n) is 3.71. The molecule has 0 radical (unpaired) electrons. The quantitative estimate of drug-likeness (QED) is 0.744. The van der Waals surface area contributed by atoms with E-state index in [4.69, 9.17) is 0 Å². The minimum atomic E-state index is 0.410. The highest BCUT2D eigenvalue weighted by molar-refractivity contribution is 7.99. The van der Waals surface area contributed by atoms with E-state index in [1.165, 1.54) is 11.3 Å². The number of benzene rings is 1. The van der Waals surface area contributed by atoms with Crippen LogP contribution < -0.4 is 5.32 Å². The van der Waals surface area contributed by atoms with Gasteiger partial charge in [-0.25, -0.2) is 0 Å². The number of hydrogen-bond donors (Lipinski definition) is 2. The van der Waals surface area contributed by atoms with Crippen molar-refractivity contribution in [2.45, 2.75) is 19.2 Å². The number of aromatic hydroxyl groups is 1. The van der Waals surface area contributed by atoms with Gasteiger partial charge in [0, 0.05) is 12.3 Å². The van der Waals surface area contributed by atoms with Gasteiger partial charge in [0.2, 0.25) is 0 Å². The molecule has 1 aliphatic rings. The average molecular weight is 209 g/mol. The largest absolute Gasteiger partial charge is 0.507 e. The van der Waals surface area contributed by atoms with Crippen molar-refractivity contribution in [3.63, 3.8) is 0 Å². The number of thioether (sulfide) groups is 1. The van der Waals surface area contributed by atoms with Gasteiger partial charge in [-0.2, -0.15) is 0 Å². The summed E-state index contributed by atoms with van der Waals surface area (Å²) in [5.74, 6) is 1.60. The van der Waals surface area contributed by atoms with Gasteiger partial charge < -0.3 is 10.4 Å². The molecule has 0 bridgehead atoms. The molecule has 1 fully saturated rings. The Hall–Kier alpha value is -0.670. The lowest BCUT2D eigenvalue weighted by atomic mass is 10.1. The Kier molecular flexibility index (Phi) is 2.70. The summed E-state index contributed by atoms with van der Waals surface area (Å²) in [7, 11) is 0. The summed E-state index contributed by atoms with van der Waals surface area (Å²) in [4.78, 5) is 0. The van der Waals surface area contributed by atoms with Crippen LogP contribution in [-0.2, 0) is 0 Å². The second kappa shape index (κ2) is 3.83. The van der Waals surface area contributed by atoms with Crippen LogP contribution in [0.25, 0.3) is 0 Å². The standard InChI is InChI=1S/C11H15NOS/c1-7-5-9(6-8(2)10(7)13)11-12-3-4-14-11/h5-6,11-13H,3-4H2,1-2H3. The van der Waals surface area contributed by atoms with Crippen LogP contribution in [0.1, 0.15) is 22.1 Å². The SMILES string of the molecule is Cc1cc(C2NCCS2)cc(C)c1O. The van der Waals surface area contributed by atoms with Crippen LogP contribution in [0.3, 0.4) is 0 Å². The van der Waals surface area contributed by atoms with Crippen LogP contribution in [0.4, 0.5) is 0 Å². The highest BCUT2D eigenvalue weighted by Gasteiger charge is 2.17. The Morgan fingerprint density at radius 1 is 1.36 bits per heavy atom. The van der Waals surface area contributed by atoms with Crippen molar-refractivity contribution in [2.24, 2.45) is 0 Å². The first-order valence-electron chi connectivity index (χ1n) is 4.83. The van der Waals surface area contributed by atoms with Gasteiger partial charge in [0.15, 0.2) is 0 Å². The maximum Gasteiger partial charge on any atom is 0.121 e. The van der Waals surface area contributed by atoms with Gasteiger partial charge in [0.05, 0.1) is 5.37 Å². The normalized spacial score (nSPS) is 21.4. The fraction of sp³-hybridized carbons (Fsp3) is 0.455. The van der Waals surface area contributed by atoms with E-state index in [1.54, 1.807) is 0 Å². The summed E-state index contributed by atoms with van der Waals surface area (Å²) in [5.41, 5.74) is 3.21. The average Bonchev–Trinajstić information content (AvgIpc) is 2.66. The van der Waals surface area contributed by atoms with E-state index in [1.807, 2.05) is 25.6 Å². The molecule has 0 saturated carbocycles. The molecule has 76 valence electrons. The molecule has 1 unspecified atom stereocenters. The summed E-state index contributed by atoms with van der Waals surface area (Å²) in [6, 6.07) is 4.14. The molecule has 1 saturated heterocycles. The molecule has 2 N–H and O–H groups in total. The number of phenols is 1. The van der Waals surface area contributed by atoms with Gasteiger partial charge in [-0.3, -0.25) is 0 Å². The lowest BCUT2D eigenvalue weighted by Gasteiger charge is -2.13.